The van der Waals surface area contributed by atoms with Crippen LogP contribution in [0.4, 0.5) is 10.8 Å². The van der Waals surface area contributed by atoms with Crippen molar-refractivity contribution in [2.75, 3.05) is 32.7 Å². The fourth-order valence-electron chi connectivity index (χ4n) is 2.94. The van der Waals surface area contributed by atoms with Crippen molar-refractivity contribution in [3.63, 3.8) is 0 Å². The molecular weight excluding hydrogens is 386 g/mol. The number of para-hydroxylation sites is 1. The van der Waals surface area contributed by atoms with Crippen molar-refractivity contribution in [3.8, 4) is 11.5 Å². The largest absolute Gasteiger partial charge is 0.493 e. The third-order valence-electron chi connectivity index (χ3n) is 4.57. The Labute approximate surface area is 175 Å². The Hall–Kier alpha value is -3.06. The van der Waals surface area contributed by atoms with Gasteiger partial charge in [-0.25, -0.2) is 4.98 Å². The summed E-state index contributed by atoms with van der Waals surface area (Å²) in [5.74, 6) is 1.27. The molecule has 0 spiro atoms. The van der Waals surface area contributed by atoms with Crippen molar-refractivity contribution >= 4 is 28.1 Å². The number of carbonyl (C=O) groups is 1. The van der Waals surface area contributed by atoms with Crippen LogP contribution in [0.15, 0.2) is 48.5 Å². The van der Waals surface area contributed by atoms with E-state index in [1.54, 1.807) is 14.2 Å². The Morgan fingerprint density at radius 2 is 1.83 bits per heavy atom. The maximum absolute atomic E-state index is 12.6. The topological polar surface area (TPSA) is 63.7 Å². The Bertz CT molecular complexity index is 973. The van der Waals surface area contributed by atoms with E-state index in [4.69, 9.17) is 9.47 Å². The van der Waals surface area contributed by atoms with Crippen LogP contribution >= 0.6 is 11.3 Å². The molecule has 0 unspecified atom stereocenters. The number of rotatable bonds is 8. The highest BCUT2D eigenvalue weighted by Gasteiger charge is 2.18. The third kappa shape index (κ3) is 4.86. The molecule has 0 saturated heterocycles. The van der Waals surface area contributed by atoms with Crippen LogP contribution in [-0.2, 0) is 6.42 Å². The van der Waals surface area contributed by atoms with E-state index >= 15 is 0 Å². The number of ether oxygens (including phenoxy) is 2. The van der Waals surface area contributed by atoms with Gasteiger partial charge in [0.15, 0.2) is 16.6 Å². The summed E-state index contributed by atoms with van der Waals surface area (Å²) >= 11 is 1.39. The summed E-state index contributed by atoms with van der Waals surface area (Å²) in [7, 11) is 5.17. The molecule has 0 radical (unpaired) electrons. The Balaban J connectivity index is 1.62. The number of nitrogens with zero attached hydrogens (tertiary/aromatic N) is 2. The van der Waals surface area contributed by atoms with Gasteiger partial charge < -0.3 is 19.7 Å². The molecule has 3 aromatic rings. The van der Waals surface area contributed by atoms with Gasteiger partial charge in [0.25, 0.3) is 5.91 Å². The van der Waals surface area contributed by atoms with E-state index in [0.717, 1.165) is 22.1 Å². The van der Waals surface area contributed by atoms with Gasteiger partial charge in [0.2, 0.25) is 0 Å². The molecule has 0 aliphatic carbocycles. The van der Waals surface area contributed by atoms with Crippen LogP contribution in [0.5, 0.6) is 11.5 Å². The molecule has 3 rings (SSSR count). The quantitative estimate of drug-likeness (QED) is 0.602. The number of anilines is 2. The Morgan fingerprint density at radius 1 is 1.10 bits per heavy atom. The molecule has 6 nitrogen and oxygen atoms in total. The van der Waals surface area contributed by atoms with Crippen molar-refractivity contribution < 1.29 is 14.3 Å². The monoisotopic (exact) mass is 411 g/mol. The van der Waals surface area contributed by atoms with Crippen LogP contribution in [-0.4, -0.2) is 38.7 Å². The number of methoxy groups -OCH3 is 2. The summed E-state index contributed by atoms with van der Waals surface area (Å²) in [6, 6.07) is 15.7. The molecule has 7 heteroatoms. The second-order valence-electron chi connectivity index (χ2n) is 6.50. The van der Waals surface area contributed by atoms with Gasteiger partial charge in [-0.2, -0.15) is 0 Å². The number of aromatic nitrogens is 1. The molecule has 0 fully saturated rings. The lowest BCUT2D eigenvalue weighted by molar-refractivity contribution is 0.0957. The predicted octanol–water partition coefficient (Wildman–Crippen LogP) is 4.21. The van der Waals surface area contributed by atoms with E-state index in [9.17, 15) is 4.79 Å². The normalized spacial score (nSPS) is 10.5. The number of thiazole rings is 1. The molecule has 0 aliphatic heterocycles. The van der Waals surface area contributed by atoms with Crippen molar-refractivity contribution in [2.45, 2.75) is 13.3 Å². The average molecular weight is 412 g/mol. The lowest BCUT2D eigenvalue weighted by Gasteiger charge is -2.15. The van der Waals surface area contributed by atoms with Gasteiger partial charge in [-0.05, 0) is 43.2 Å². The second kappa shape index (κ2) is 9.43. The Kier molecular flexibility index (Phi) is 6.72. The summed E-state index contributed by atoms with van der Waals surface area (Å²) < 4.78 is 10.6. The Morgan fingerprint density at radius 3 is 2.52 bits per heavy atom. The third-order valence-corrected chi connectivity index (χ3v) is 5.80. The van der Waals surface area contributed by atoms with E-state index in [0.29, 0.717) is 29.3 Å². The first kappa shape index (κ1) is 20.7. The zero-order valence-electron chi connectivity index (χ0n) is 17.1. The summed E-state index contributed by atoms with van der Waals surface area (Å²) in [4.78, 5) is 19.8. The number of carbonyl (C=O) groups excluding carboxylic acids is 1. The van der Waals surface area contributed by atoms with Gasteiger partial charge >= 0.3 is 0 Å². The molecule has 0 atom stereocenters. The molecule has 1 heterocycles. The molecule has 1 amide bonds. The zero-order chi connectivity index (χ0) is 20.8. The number of benzene rings is 2. The van der Waals surface area contributed by atoms with E-state index in [1.807, 2.05) is 67.4 Å². The van der Waals surface area contributed by atoms with E-state index < -0.39 is 0 Å². The van der Waals surface area contributed by atoms with Crippen LogP contribution < -0.4 is 19.7 Å². The van der Waals surface area contributed by atoms with Crippen LogP contribution in [0.25, 0.3) is 0 Å². The predicted molar refractivity (Wildman–Crippen MR) is 117 cm³/mol. The smallest absolute Gasteiger partial charge is 0.263 e. The summed E-state index contributed by atoms with van der Waals surface area (Å²) in [6.45, 7) is 2.39. The number of aryl methyl sites for hydroxylation is 1. The number of amides is 1. The summed E-state index contributed by atoms with van der Waals surface area (Å²) in [6.07, 6.45) is 0.695. The molecule has 1 N–H and O–H groups in total. The van der Waals surface area contributed by atoms with Crippen molar-refractivity contribution in [1.29, 1.82) is 0 Å². The van der Waals surface area contributed by atoms with Crippen LogP contribution in [0.3, 0.4) is 0 Å². The molecule has 29 heavy (non-hydrogen) atoms. The van der Waals surface area contributed by atoms with Crippen molar-refractivity contribution in [2.24, 2.45) is 0 Å². The van der Waals surface area contributed by atoms with Crippen LogP contribution in [0.1, 0.15) is 20.9 Å². The molecular formula is C22H25N3O3S. The standard InChI is InChI=1S/C22H25N3O3S/c1-15-20(29-22(24-15)25(2)17-8-6-5-7-9-17)21(26)23-13-12-16-10-11-18(27-3)19(14-16)28-4/h5-11,14H,12-13H2,1-4H3,(H,23,26). The van der Waals surface area contributed by atoms with Gasteiger partial charge in [0, 0.05) is 19.3 Å². The number of hydrogen-bond donors (Lipinski definition) is 1. The highest BCUT2D eigenvalue weighted by atomic mass is 32.1. The molecule has 2 aromatic carbocycles. The minimum absolute atomic E-state index is 0.104. The van der Waals surface area contributed by atoms with Crippen molar-refractivity contribution in [3.05, 3.63) is 64.7 Å². The molecule has 0 aliphatic rings. The fraction of sp³-hybridized carbons (Fsp3) is 0.273. The molecule has 0 saturated carbocycles. The van der Waals surface area contributed by atoms with E-state index in [1.165, 1.54) is 11.3 Å². The lowest BCUT2D eigenvalue weighted by Crippen LogP contribution is -2.25. The maximum Gasteiger partial charge on any atom is 0.263 e. The summed E-state index contributed by atoms with van der Waals surface area (Å²) in [5.41, 5.74) is 2.83. The molecule has 152 valence electrons. The first-order valence-electron chi connectivity index (χ1n) is 9.28. The molecule has 1 aromatic heterocycles. The minimum atomic E-state index is -0.104. The highest BCUT2D eigenvalue weighted by Crippen LogP contribution is 2.30. The van der Waals surface area contributed by atoms with Gasteiger partial charge in [-0.3, -0.25) is 4.79 Å². The maximum atomic E-state index is 12.6. The first-order valence-corrected chi connectivity index (χ1v) is 10.1. The van der Waals surface area contributed by atoms with Crippen LogP contribution in [0, 0.1) is 6.92 Å². The first-order chi connectivity index (χ1) is 14.0. The molecule has 0 bridgehead atoms. The fourth-order valence-corrected chi connectivity index (χ4v) is 3.90. The van der Waals surface area contributed by atoms with Gasteiger partial charge in [-0.1, -0.05) is 35.6 Å². The second-order valence-corrected chi connectivity index (χ2v) is 7.48. The average Bonchev–Trinajstić information content (AvgIpc) is 3.15. The number of hydrogen-bond acceptors (Lipinski definition) is 6. The summed E-state index contributed by atoms with van der Waals surface area (Å²) in [5, 5.41) is 3.78. The van der Waals surface area contributed by atoms with Gasteiger partial charge in [-0.15, -0.1) is 0 Å². The van der Waals surface area contributed by atoms with Crippen molar-refractivity contribution in [1.82, 2.24) is 10.3 Å². The number of nitrogens with one attached hydrogen (secondary N) is 1. The van der Waals surface area contributed by atoms with Gasteiger partial charge in [0.1, 0.15) is 4.88 Å². The zero-order valence-corrected chi connectivity index (χ0v) is 17.9. The van der Waals surface area contributed by atoms with Crippen LogP contribution in [0.2, 0.25) is 0 Å². The van der Waals surface area contributed by atoms with E-state index in [2.05, 4.69) is 10.3 Å². The highest BCUT2D eigenvalue weighted by molar-refractivity contribution is 7.17. The SMILES string of the molecule is COc1ccc(CCNC(=O)c2sc(N(C)c3ccccc3)nc2C)cc1OC. The van der Waals surface area contributed by atoms with Gasteiger partial charge in [0.05, 0.1) is 19.9 Å². The minimum Gasteiger partial charge on any atom is -0.493 e. The van der Waals surface area contributed by atoms with E-state index in [-0.39, 0.29) is 5.91 Å². The lowest BCUT2D eigenvalue weighted by atomic mass is 10.1.